The maximum Gasteiger partial charge on any atom is 0.0594 e. The van der Waals surface area contributed by atoms with Crippen molar-refractivity contribution in [2.24, 2.45) is 5.14 Å². The van der Waals surface area contributed by atoms with Gasteiger partial charge in [-0.2, -0.15) is 0 Å². The van der Waals surface area contributed by atoms with Gasteiger partial charge in [-0.15, -0.1) is 11.6 Å². The molecule has 2 N–H and O–H groups in total. The van der Waals surface area contributed by atoms with Gasteiger partial charge in [-0.25, -0.2) is 0 Å². The van der Waals surface area contributed by atoms with E-state index in [-0.39, 0.29) is 5.38 Å². The second-order valence-corrected chi connectivity index (χ2v) is 4.42. The highest BCUT2D eigenvalue weighted by Crippen LogP contribution is 2.31. The van der Waals surface area contributed by atoms with Crippen LogP contribution in [0.25, 0.3) is 0 Å². The Bertz CT molecular complexity index is 301. The van der Waals surface area contributed by atoms with Crippen molar-refractivity contribution in [3.8, 4) is 0 Å². The molecule has 0 aliphatic carbocycles. The van der Waals surface area contributed by atoms with Gasteiger partial charge < -0.3 is 0 Å². The topological polar surface area (TPSA) is 26.0 Å². The Hall–Kier alpha value is -0.180. The van der Waals surface area contributed by atoms with Gasteiger partial charge in [0.1, 0.15) is 0 Å². The van der Waals surface area contributed by atoms with Crippen LogP contribution in [0.3, 0.4) is 0 Å². The third-order valence-corrected chi connectivity index (χ3v) is 3.46. The summed E-state index contributed by atoms with van der Waals surface area (Å²) in [6.45, 7) is 4.22. The van der Waals surface area contributed by atoms with E-state index in [1.54, 1.807) is 0 Å². The predicted octanol–water partition coefficient (Wildman–Crippen LogP) is 3.90. The summed E-state index contributed by atoms with van der Waals surface area (Å²) < 4.78 is 0. The van der Waals surface area contributed by atoms with Crippen LogP contribution in [-0.4, -0.2) is 0 Å². The van der Waals surface area contributed by atoms with Crippen molar-refractivity contribution < 1.29 is 0 Å². The SMILES string of the molecule is CCc1ccc(C(Cl)CC)c(SN)c1. The number of hydrogen-bond acceptors (Lipinski definition) is 2. The lowest BCUT2D eigenvalue weighted by Crippen LogP contribution is -1.95. The molecule has 0 aliphatic heterocycles. The monoisotopic (exact) mass is 229 g/mol. The summed E-state index contributed by atoms with van der Waals surface area (Å²) in [7, 11) is 0. The van der Waals surface area contributed by atoms with Crippen LogP contribution in [0.4, 0.5) is 0 Å². The molecule has 0 saturated heterocycles. The van der Waals surface area contributed by atoms with Crippen LogP contribution in [-0.2, 0) is 6.42 Å². The van der Waals surface area contributed by atoms with Crippen molar-refractivity contribution >= 4 is 23.5 Å². The molecule has 0 heterocycles. The summed E-state index contributed by atoms with van der Waals surface area (Å²) in [5.41, 5.74) is 2.46. The van der Waals surface area contributed by atoms with Gasteiger partial charge in [-0.05, 0) is 42.0 Å². The van der Waals surface area contributed by atoms with Crippen LogP contribution < -0.4 is 5.14 Å². The van der Waals surface area contributed by atoms with Gasteiger partial charge in [-0.3, -0.25) is 5.14 Å². The molecule has 1 aromatic carbocycles. The van der Waals surface area contributed by atoms with Crippen molar-refractivity contribution in [1.82, 2.24) is 0 Å². The number of hydrogen-bond donors (Lipinski definition) is 1. The third kappa shape index (κ3) is 2.66. The first-order chi connectivity index (χ1) is 6.72. The van der Waals surface area contributed by atoms with Gasteiger partial charge in [0.15, 0.2) is 0 Å². The molecule has 0 radical (unpaired) electrons. The highest BCUT2D eigenvalue weighted by Gasteiger charge is 2.10. The minimum atomic E-state index is 0.0759. The highest BCUT2D eigenvalue weighted by molar-refractivity contribution is 7.97. The molecule has 1 unspecified atom stereocenters. The van der Waals surface area contributed by atoms with Gasteiger partial charge in [0.25, 0.3) is 0 Å². The second kappa shape index (κ2) is 5.64. The molecule has 0 amide bonds. The molecule has 0 saturated carbocycles. The van der Waals surface area contributed by atoms with Gasteiger partial charge in [0.05, 0.1) is 5.38 Å². The van der Waals surface area contributed by atoms with Crippen molar-refractivity contribution in [3.63, 3.8) is 0 Å². The second-order valence-electron chi connectivity index (χ2n) is 3.22. The Morgan fingerprint density at radius 3 is 2.64 bits per heavy atom. The Labute approximate surface area is 95.2 Å². The third-order valence-electron chi connectivity index (χ3n) is 2.31. The zero-order valence-corrected chi connectivity index (χ0v) is 10.2. The fourth-order valence-electron chi connectivity index (χ4n) is 1.38. The molecule has 0 spiro atoms. The Morgan fingerprint density at radius 1 is 1.43 bits per heavy atom. The first-order valence-electron chi connectivity index (χ1n) is 4.86. The van der Waals surface area contributed by atoms with E-state index in [2.05, 4.69) is 32.0 Å². The number of rotatable bonds is 4. The molecule has 0 aliphatic rings. The molecule has 1 nitrogen and oxygen atoms in total. The molecule has 1 rings (SSSR count). The molecule has 1 aromatic rings. The molecule has 0 aromatic heterocycles. The van der Waals surface area contributed by atoms with E-state index in [0.29, 0.717) is 0 Å². The number of benzene rings is 1. The van der Waals surface area contributed by atoms with Gasteiger partial charge >= 0.3 is 0 Å². The lowest BCUT2D eigenvalue weighted by Gasteiger charge is -2.12. The summed E-state index contributed by atoms with van der Waals surface area (Å²) in [5.74, 6) is 0. The summed E-state index contributed by atoms with van der Waals surface area (Å²) in [6.07, 6.45) is 1.97. The molecule has 14 heavy (non-hydrogen) atoms. The van der Waals surface area contributed by atoms with E-state index < -0.39 is 0 Å². The Morgan fingerprint density at radius 2 is 2.14 bits per heavy atom. The van der Waals surface area contributed by atoms with Gasteiger partial charge in [0.2, 0.25) is 0 Å². The summed E-state index contributed by atoms with van der Waals surface area (Å²) >= 11 is 7.49. The van der Waals surface area contributed by atoms with Crippen molar-refractivity contribution in [3.05, 3.63) is 29.3 Å². The molecule has 0 bridgehead atoms. The van der Waals surface area contributed by atoms with Crippen LogP contribution in [0.15, 0.2) is 23.1 Å². The summed E-state index contributed by atoms with van der Waals surface area (Å²) in [4.78, 5) is 1.10. The van der Waals surface area contributed by atoms with Crippen molar-refractivity contribution in [2.45, 2.75) is 37.0 Å². The van der Waals surface area contributed by atoms with Crippen LogP contribution in [0.5, 0.6) is 0 Å². The molecule has 0 fully saturated rings. The quantitative estimate of drug-likeness (QED) is 0.626. The first-order valence-corrected chi connectivity index (χ1v) is 6.18. The zero-order chi connectivity index (χ0) is 10.6. The van der Waals surface area contributed by atoms with Crippen LogP contribution in [0.1, 0.15) is 36.8 Å². The standard InChI is InChI=1S/C11H16ClNS/c1-3-8-5-6-9(10(12)4-2)11(7-8)14-13/h5-7,10H,3-4,13H2,1-2H3. The van der Waals surface area contributed by atoms with E-state index in [1.807, 2.05) is 0 Å². The summed E-state index contributed by atoms with van der Waals surface area (Å²) in [5, 5.41) is 5.70. The molecule has 1 atom stereocenters. The first kappa shape index (κ1) is 11.9. The smallest absolute Gasteiger partial charge is 0.0594 e. The predicted molar refractivity (Wildman–Crippen MR) is 64.7 cm³/mol. The number of nitrogens with two attached hydrogens (primary N) is 1. The fraction of sp³-hybridized carbons (Fsp3) is 0.455. The van der Waals surface area contributed by atoms with Crippen molar-refractivity contribution in [1.29, 1.82) is 0 Å². The summed E-state index contributed by atoms with van der Waals surface area (Å²) in [6, 6.07) is 6.35. The normalized spacial score (nSPS) is 12.9. The molecular weight excluding hydrogens is 214 g/mol. The van der Waals surface area contributed by atoms with E-state index in [0.717, 1.165) is 23.3 Å². The Kier molecular flexibility index (Phi) is 4.79. The minimum absolute atomic E-state index is 0.0759. The van der Waals surface area contributed by atoms with E-state index >= 15 is 0 Å². The molecule has 78 valence electrons. The van der Waals surface area contributed by atoms with Crippen LogP contribution in [0, 0.1) is 0 Å². The fourth-order valence-corrected chi connectivity index (χ4v) is 2.20. The molecule has 3 heteroatoms. The van der Waals surface area contributed by atoms with E-state index in [9.17, 15) is 0 Å². The maximum atomic E-state index is 6.20. The van der Waals surface area contributed by atoms with Crippen LogP contribution >= 0.6 is 23.5 Å². The van der Waals surface area contributed by atoms with Gasteiger partial charge in [-0.1, -0.05) is 26.0 Å². The van der Waals surface area contributed by atoms with E-state index in [4.69, 9.17) is 16.7 Å². The highest BCUT2D eigenvalue weighted by atomic mass is 35.5. The number of halogens is 1. The lowest BCUT2D eigenvalue weighted by molar-refractivity contribution is 0.861. The molecular formula is C11H16ClNS. The number of aryl methyl sites for hydroxylation is 1. The average molecular weight is 230 g/mol. The van der Waals surface area contributed by atoms with Crippen molar-refractivity contribution in [2.75, 3.05) is 0 Å². The average Bonchev–Trinajstić information content (AvgIpc) is 2.27. The Balaban J connectivity index is 3.04. The number of alkyl halides is 1. The van der Waals surface area contributed by atoms with Crippen LogP contribution in [0.2, 0.25) is 0 Å². The maximum absolute atomic E-state index is 6.20. The van der Waals surface area contributed by atoms with Gasteiger partial charge in [0, 0.05) is 4.90 Å². The lowest BCUT2D eigenvalue weighted by atomic mass is 10.1. The zero-order valence-electron chi connectivity index (χ0n) is 8.59. The minimum Gasteiger partial charge on any atom is -0.274 e. The van der Waals surface area contributed by atoms with E-state index in [1.165, 1.54) is 17.5 Å². The largest absolute Gasteiger partial charge is 0.274 e.